The maximum atomic E-state index is 12.4. The smallest absolute Gasteiger partial charge is 0.321 e. The molecule has 8 heteroatoms. The van der Waals surface area contributed by atoms with E-state index in [1.54, 1.807) is 6.08 Å². The fourth-order valence-electron chi connectivity index (χ4n) is 4.64. The summed E-state index contributed by atoms with van der Waals surface area (Å²) in [6, 6.07) is 0.0320. The number of aliphatic imine (C=N–C) groups is 3. The topological polar surface area (TPSA) is 108 Å². The number of ether oxygens (including phenoxy) is 1. The van der Waals surface area contributed by atoms with Crippen molar-refractivity contribution in [3.63, 3.8) is 0 Å². The molecule has 3 rings (SSSR count). The van der Waals surface area contributed by atoms with E-state index < -0.39 is 5.72 Å². The van der Waals surface area contributed by atoms with Gasteiger partial charge in [-0.15, -0.1) is 0 Å². The molecule has 1 saturated carbocycles. The van der Waals surface area contributed by atoms with Crippen molar-refractivity contribution in [3.8, 4) is 0 Å². The zero-order chi connectivity index (χ0) is 21.6. The average Bonchev–Trinajstić information content (AvgIpc) is 3.43. The number of amides is 2. The highest BCUT2D eigenvalue weighted by atomic mass is 16.6. The van der Waals surface area contributed by atoms with E-state index in [0.717, 1.165) is 50.7 Å². The largest absolute Gasteiger partial charge is 0.346 e. The van der Waals surface area contributed by atoms with E-state index >= 15 is 0 Å². The van der Waals surface area contributed by atoms with Crippen LogP contribution in [-0.2, 0) is 9.53 Å². The van der Waals surface area contributed by atoms with Crippen LogP contribution in [0, 0.1) is 11.8 Å². The first-order valence-electron chi connectivity index (χ1n) is 11.3. The zero-order valence-electron chi connectivity index (χ0n) is 18.4. The quantitative estimate of drug-likeness (QED) is 0.357. The van der Waals surface area contributed by atoms with E-state index in [4.69, 9.17) is 4.74 Å². The van der Waals surface area contributed by atoms with Crippen LogP contribution in [0.3, 0.4) is 0 Å². The number of nitrogens with zero attached hydrogens (tertiary/aromatic N) is 3. The van der Waals surface area contributed by atoms with Gasteiger partial charge < -0.3 is 10.1 Å². The summed E-state index contributed by atoms with van der Waals surface area (Å²) in [5.41, 5.74) is 0.454. The zero-order valence-corrected chi connectivity index (χ0v) is 18.4. The SMILES string of the molecule is CCC(CCC(C)N=C=O)CC1CCC(NC(=O)NC2=NC3(CO3)CC(C)=N2)CC1. The van der Waals surface area contributed by atoms with Crippen molar-refractivity contribution in [2.75, 3.05) is 6.61 Å². The summed E-state index contributed by atoms with van der Waals surface area (Å²) in [6.07, 6.45) is 11.1. The van der Waals surface area contributed by atoms with Crippen LogP contribution in [0.5, 0.6) is 0 Å². The molecule has 2 aliphatic heterocycles. The van der Waals surface area contributed by atoms with Gasteiger partial charge in [-0.3, -0.25) is 5.32 Å². The number of hydrogen-bond acceptors (Lipinski definition) is 6. The van der Waals surface area contributed by atoms with Crippen LogP contribution in [0.25, 0.3) is 0 Å². The maximum absolute atomic E-state index is 12.4. The highest BCUT2D eigenvalue weighted by molar-refractivity contribution is 6.04. The number of nitrogens with one attached hydrogen (secondary N) is 2. The minimum Gasteiger partial charge on any atom is -0.346 e. The number of isocyanates is 1. The van der Waals surface area contributed by atoms with E-state index in [2.05, 4.69) is 32.5 Å². The van der Waals surface area contributed by atoms with Gasteiger partial charge in [-0.05, 0) is 70.6 Å². The van der Waals surface area contributed by atoms with Crippen molar-refractivity contribution >= 4 is 23.8 Å². The van der Waals surface area contributed by atoms with E-state index in [-0.39, 0.29) is 18.1 Å². The predicted octanol–water partition coefficient (Wildman–Crippen LogP) is 3.71. The summed E-state index contributed by atoms with van der Waals surface area (Å²) in [5.74, 6) is 1.73. The van der Waals surface area contributed by atoms with Crippen LogP contribution in [0.2, 0.25) is 0 Å². The van der Waals surface area contributed by atoms with Gasteiger partial charge in [0.2, 0.25) is 12.0 Å². The van der Waals surface area contributed by atoms with Crippen LogP contribution >= 0.6 is 0 Å². The van der Waals surface area contributed by atoms with Gasteiger partial charge in [0.1, 0.15) is 0 Å². The fourth-order valence-corrected chi connectivity index (χ4v) is 4.64. The second kappa shape index (κ2) is 10.3. The van der Waals surface area contributed by atoms with E-state index in [9.17, 15) is 9.59 Å². The Morgan fingerprint density at radius 3 is 2.70 bits per heavy atom. The van der Waals surface area contributed by atoms with Crippen molar-refractivity contribution in [3.05, 3.63) is 0 Å². The summed E-state index contributed by atoms with van der Waals surface area (Å²) in [7, 11) is 0. The molecule has 1 aliphatic carbocycles. The Hall–Kier alpha value is -2.05. The third-order valence-electron chi connectivity index (χ3n) is 6.53. The van der Waals surface area contributed by atoms with Gasteiger partial charge in [-0.1, -0.05) is 13.3 Å². The Morgan fingerprint density at radius 2 is 2.07 bits per heavy atom. The van der Waals surface area contributed by atoms with Crippen molar-refractivity contribution in [2.45, 2.75) is 96.4 Å². The highest BCUT2D eigenvalue weighted by Crippen LogP contribution is 2.35. The first-order valence-corrected chi connectivity index (χ1v) is 11.3. The summed E-state index contributed by atoms with van der Waals surface area (Å²) in [4.78, 5) is 35.3. The molecule has 1 saturated heterocycles. The third kappa shape index (κ3) is 6.74. The molecule has 0 aromatic carbocycles. The Balaban J connectivity index is 1.37. The predicted molar refractivity (Wildman–Crippen MR) is 116 cm³/mol. The minimum absolute atomic E-state index is 0.0678. The average molecular weight is 418 g/mol. The number of rotatable bonds is 8. The molecule has 2 amide bonds. The second-order valence-corrected chi connectivity index (χ2v) is 9.17. The number of urea groups is 1. The van der Waals surface area contributed by atoms with Gasteiger partial charge in [0, 0.05) is 18.2 Å². The molecule has 3 unspecified atom stereocenters. The Morgan fingerprint density at radius 1 is 1.33 bits per heavy atom. The number of hydrogen-bond donors (Lipinski definition) is 2. The van der Waals surface area contributed by atoms with E-state index in [1.807, 2.05) is 13.8 Å². The van der Waals surface area contributed by atoms with Gasteiger partial charge >= 0.3 is 6.03 Å². The van der Waals surface area contributed by atoms with E-state index in [0.29, 0.717) is 30.8 Å². The van der Waals surface area contributed by atoms with Gasteiger partial charge in [0.25, 0.3) is 0 Å². The van der Waals surface area contributed by atoms with Gasteiger partial charge in [-0.2, -0.15) is 0 Å². The Kier molecular flexibility index (Phi) is 7.78. The Bertz CT molecular complexity index is 716. The first kappa shape index (κ1) is 22.6. The number of epoxide rings is 1. The van der Waals surface area contributed by atoms with E-state index in [1.165, 1.54) is 6.42 Å². The van der Waals surface area contributed by atoms with Crippen LogP contribution in [-0.4, -0.2) is 48.2 Å². The molecule has 2 fully saturated rings. The highest BCUT2D eigenvalue weighted by Gasteiger charge is 2.47. The number of guanidine groups is 1. The molecule has 8 nitrogen and oxygen atoms in total. The van der Waals surface area contributed by atoms with Crippen LogP contribution < -0.4 is 10.6 Å². The number of carbonyl (C=O) groups excluding carboxylic acids is 2. The molecule has 2 heterocycles. The maximum Gasteiger partial charge on any atom is 0.321 e. The molecule has 2 N–H and O–H groups in total. The molecule has 3 atom stereocenters. The summed E-state index contributed by atoms with van der Waals surface area (Å²) in [6.45, 7) is 6.74. The van der Waals surface area contributed by atoms with Gasteiger partial charge in [-0.25, -0.2) is 24.6 Å². The van der Waals surface area contributed by atoms with Crippen molar-refractivity contribution in [1.82, 2.24) is 10.6 Å². The summed E-state index contributed by atoms with van der Waals surface area (Å²) in [5, 5.41) is 5.86. The van der Waals surface area contributed by atoms with Crippen LogP contribution in [0.1, 0.15) is 78.6 Å². The lowest BCUT2D eigenvalue weighted by Crippen LogP contribution is -2.46. The fraction of sp³-hybridized carbons (Fsp3) is 0.818. The van der Waals surface area contributed by atoms with Gasteiger partial charge in [0.05, 0.1) is 12.6 Å². The van der Waals surface area contributed by atoms with Gasteiger partial charge in [0.15, 0.2) is 5.72 Å². The molecule has 166 valence electrons. The first-order chi connectivity index (χ1) is 14.4. The number of carbonyl (C=O) groups is 1. The molecule has 1 spiro atoms. The monoisotopic (exact) mass is 417 g/mol. The molecule has 0 aromatic heterocycles. The summed E-state index contributed by atoms with van der Waals surface area (Å²) >= 11 is 0. The third-order valence-corrected chi connectivity index (χ3v) is 6.53. The summed E-state index contributed by atoms with van der Waals surface area (Å²) < 4.78 is 5.40. The standard InChI is InChI=1S/C22H35N5O3/c1-4-17(6-5-15(2)23-14-28)11-18-7-9-19(10-8-18)25-21(29)26-20-24-16(3)12-22(27-20)13-30-22/h15,17-19H,4-13H2,1-3H3,(H2,25,26,27,29). The minimum atomic E-state index is -0.473. The lowest BCUT2D eigenvalue weighted by Gasteiger charge is -2.31. The lowest BCUT2D eigenvalue weighted by molar-refractivity contribution is 0.219. The molecule has 0 aromatic rings. The van der Waals surface area contributed by atoms with Crippen LogP contribution in [0.4, 0.5) is 4.79 Å². The Labute approximate surface area is 179 Å². The normalized spacial score (nSPS) is 29.8. The molecule has 30 heavy (non-hydrogen) atoms. The van der Waals surface area contributed by atoms with Crippen molar-refractivity contribution in [1.29, 1.82) is 0 Å². The molecule has 3 aliphatic rings. The second-order valence-electron chi connectivity index (χ2n) is 9.17. The van der Waals surface area contributed by atoms with Crippen molar-refractivity contribution < 1.29 is 14.3 Å². The molecular formula is C22H35N5O3. The molecular weight excluding hydrogens is 382 g/mol. The van der Waals surface area contributed by atoms with Crippen LogP contribution in [0.15, 0.2) is 15.0 Å². The molecule has 0 radical (unpaired) electrons. The van der Waals surface area contributed by atoms with Crippen molar-refractivity contribution in [2.24, 2.45) is 26.8 Å². The lowest BCUT2D eigenvalue weighted by atomic mass is 9.79. The molecule has 0 bridgehead atoms.